The summed E-state index contributed by atoms with van der Waals surface area (Å²) in [5.41, 5.74) is 1.41. The average Bonchev–Trinajstić information content (AvgIpc) is 3.49. The van der Waals surface area contributed by atoms with Gasteiger partial charge in [0.25, 0.3) is 0 Å². The summed E-state index contributed by atoms with van der Waals surface area (Å²) in [7, 11) is 0. The fourth-order valence-electron chi connectivity index (χ4n) is 6.85. The number of hydrogen-bond donors (Lipinski definition) is 1. The number of aromatic nitrogens is 7. The topological polar surface area (TPSA) is 95.5 Å². The van der Waals surface area contributed by atoms with Crippen LogP contribution >= 0.6 is 15.9 Å². The van der Waals surface area contributed by atoms with E-state index in [-0.39, 0.29) is 16.9 Å². The normalized spacial score (nSPS) is 30.7. The Labute approximate surface area is 194 Å². The highest BCUT2D eigenvalue weighted by Gasteiger charge is 2.61. The van der Waals surface area contributed by atoms with Gasteiger partial charge >= 0.3 is 0 Å². The van der Waals surface area contributed by atoms with Crippen LogP contribution in [0.4, 0.5) is 5.69 Å². The van der Waals surface area contributed by atoms with Crippen molar-refractivity contribution in [3.63, 3.8) is 0 Å². The maximum absolute atomic E-state index is 13.6. The van der Waals surface area contributed by atoms with Crippen LogP contribution in [0.25, 0.3) is 0 Å². The Hall–Kier alpha value is -2.49. The minimum Gasteiger partial charge on any atom is -0.323 e. The first-order valence-corrected chi connectivity index (χ1v) is 12.2. The highest BCUT2D eigenvalue weighted by Crippen LogP contribution is 2.64. The molecule has 168 valence electrons. The number of rotatable bonds is 6. The summed E-state index contributed by atoms with van der Waals surface area (Å²) in [5.74, 6) is 1.28. The van der Waals surface area contributed by atoms with E-state index < -0.39 is 0 Å². The van der Waals surface area contributed by atoms with E-state index in [1.165, 1.54) is 6.42 Å². The molecule has 4 aliphatic rings. The van der Waals surface area contributed by atoms with Crippen LogP contribution in [0.5, 0.6) is 0 Å². The maximum atomic E-state index is 13.6. The molecular weight excluding hydrogens is 472 g/mol. The van der Waals surface area contributed by atoms with Crippen molar-refractivity contribution in [2.45, 2.75) is 64.1 Å². The van der Waals surface area contributed by atoms with Gasteiger partial charge in [0.15, 0.2) is 0 Å². The van der Waals surface area contributed by atoms with Gasteiger partial charge in [0.05, 0.1) is 35.6 Å². The predicted octanol–water partition coefficient (Wildman–Crippen LogP) is 3.44. The van der Waals surface area contributed by atoms with Crippen LogP contribution in [0.2, 0.25) is 0 Å². The molecule has 0 aromatic carbocycles. The molecule has 3 aromatic heterocycles. The minimum absolute atomic E-state index is 0.0932. The van der Waals surface area contributed by atoms with Gasteiger partial charge in [0, 0.05) is 24.5 Å². The van der Waals surface area contributed by atoms with Crippen LogP contribution in [0.15, 0.2) is 35.8 Å². The number of nitrogens with one attached hydrogen (secondary N) is 1. The van der Waals surface area contributed by atoms with Gasteiger partial charge in [-0.3, -0.25) is 14.2 Å². The third-order valence-corrected chi connectivity index (χ3v) is 8.07. The van der Waals surface area contributed by atoms with Gasteiger partial charge in [-0.25, -0.2) is 9.67 Å². The molecule has 4 saturated carbocycles. The van der Waals surface area contributed by atoms with Crippen LogP contribution in [0.3, 0.4) is 0 Å². The second-order valence-corrected chi connectivity index (χ2v) is 10.7. The molecule has 4 bridgehead atoms. The summed E-state index contributed by atoms with van der Waals surface area (Å²) < 4.78 is 6.40. The maximum Gasteiger partial charge on any atom is 0.230 e. The Balaban J connectivity index is 1.20. The molecule has 2 atom stereocenters. The Bertz CT molecular complexity index is 1150. The lowest BCUT2D eigenvalue weighted by Crippen LogP contribution is -2.60. The summed E-state index contributed by atoms with van der Waals surface area (Å²) in [6, 6.07) is 0. The van der Waals surface area contributed by atoms with E-state index in [0.29, 0.717) is 23.1 Å². The van der Waals surface area contributed by atoms with Crippen LogP contribution in [-0.4, -0.2) is 40.2 Å². The molecule has 32 heavy (non-hydrogen) atoms. The molecule has 9 nitrogen and oxygen atoms in total. The number of hydrogen-bond acceptors (Lipinski definition) is 5. The smallest absolute Gasteiger partial charge is 0.230 e. The fraction of sp³-hybridized carbons (Fsp3) is 0.591. The molecule has 0 saturated heterocycles. The van der Waals surface area contributed by atoms with Gasteiger partial charge in [0.2, 0.25) is 10.6 Å². The Morgan fingerprint density at radius 1 is 1.16 bits per heavy atom. The number of amides is 1. The molecule has 1 N–H and O–H groups in total. The van der Waals surface area contributed by atoms with Crippen LogP contribution < -0.4 is 5.32 Å². The van der Waals surface area contributed by atoms with Crippen LogP contribution in [-0.2, 0) is 23.4 Å². The quantitative estimate of drug-likeness (QED) is 0.561. The highest BCUT2D eigenvalue weighted by molar-refractivity contribution is 9.10. The molecule has 2 unspecified atom stereocenters. The van der Waals surface area contributed by atoms with Gasteiger partial charge < -0.3 is 5.32 Å². The summed E-state index contributed by atoms with van der Waals surface area (Å²) >= 11 is 3.39. The van der Waals surface area contributed by atoms with Gasteiger partial charge in [-0.05, 0) is 73.2 Å². The molecule has 7 rings (SSSR count). The van der Waals surface area contributed by atoms with E-state index in [1.807, 2.05) is 39.0 Å². The Kier molecular flexibility index (Phi) is 4.57. The SMILES string of the molecule is CCn1cc(Cn2cc(NC(=O)C34CC5CC(C3)CC(n3cnc(Br)n3)(C5)C4)cn2)cn1. The summed E-state index contributed by atoms with van der Waals surface area (Å²) in [6.45, 7) is 3.54. The third-order valence-electron chi connectivity index (χ3n) is 7.71. The van der Waals surface area contributed by atoms with Gasteiger partial charge in [0.1, 0.15) is 6.33 Å². The molecule has 0 aliphatic heterocycles. The van der Waals surface area contributed by atoms with Crippen molar-refractivity contribution in [2.75, 3.05) is 5.32 Å². The zero-order chi connectivity index (χ0) is 21.9. The van der Waals surface area contributed by atoms with E-state index in [9.17, 15) is 4.79 Å². The largest absolute Gasteiger partial charge is 0.323 e. The number of aryl methyl sites for hydroxylation is 1. The molecule has 4 aliphatic carbocycles. The summed E-state index contributed by atoms with van der Waals surface area (Å²) in [6.07, 6.45) is 15.6. The highest BCUT2D eigenvalue weighted by atomic mass is 79.9. The van der Waals surface area contributed by atoms with Gasteiger partial charge in [-0.2, -0.15) is 10.2 Å². The number of nitrogens with zero attached hydrogens (tertiary/aromatic N) is 7. The number of anilines is 1. The molecule has 0 spiro atoms. The van der Waals surface area contributed by atoms with Crippen molar-refractivity contribution < 1.29 is 4.79 Å². The second kappa shape index (κ2) is 7.26. The molecule has 3 heterocycles. The lowest BCUT2D eigenvalue weighted by molar-refractivity contribution is -0.150. The average molecular weight is 499 g/mol. The number of halogens is 1. The summed E-state index contributed by atoms with van der Waals surface area (Å²) in [5, 5.41) is 16.6. The van der Waals surface area contributed by atoms with Crippen LogP contribution in [0.1, 0.15) is 51.0 Å². The Morgan fingerprint density at radius 3 is 2.62 bits per heavy atom. The van der Waals surface area contributed by atoms with Gasteiger partial charge in [-0.1, -0.05) is 0 Å². The lowest BCUT2D eigenvalue weighted by atomic mass is 9.46. The molecule has 0 radical (unpaired) electrons. The first-order valence-electron chi connectivity index (χ1n) is 11.4. The first-order chi connectivity index (χ1) is 15.5. The van der Waals surface area contributed by atoms with Crippen molar-refractivity contribution in [1.29, 1.82) is 0 Å². The molecule has 10 heteroatoms. The summed E-state index contributed by atoms with van der Waals surface area (Å²) in [4.78, 5) is 17.9. The van der Waals surface area contributed by atoms with Crippen molar-refractivity contribution >= 4 is 27.5 Å². The van der Waals surface area contributed by atoms with Crippen molar-refractivity contribution in [3.8, 4) is 0 Å². The van der Waals surface area contributed by atoms with Crippen molar-refractivity contribution in [2.24, 2.45) is 17.3 Å². The molecule has 1 amide bonds. The zero-order valence-electron chi connectivity index (χ0n) is 18.1. The minimum atomic E-state index is -0.340. The first kappa shape index (κ1) is 20.1. The van der Waals surface area contributed by atoms with E-state index in [1.54, 1.807) is 6.20 Å². The van der Waals surface area contributed by atoms with E-state index >= 15 is 0 Å². The standard InChI is InChI=1S/C22H27BrN8O/c1-2-29-10-17(8-25-29)11-30-12-18(9-26-30)27-19(32)21-4-15-3-16(5-21)7-22(6-15,13-21)31-14-24-20(23)28-31/h8-10,12,14-16H,2-7,11,13H2,1H3,(H,27,32). The molecule has 4 fully saturated rings. The molecule has 3 aromatic rings. The van der Waals surface area contributed by atoms with Crippen LogP contribution in [0, 0.1) is 17.3 Å². The van der Waals surface area contributed by atoms with Gasteiger partial charge in [-0.15, -0.1) is 5.10 Å². The zero-order valence-corrected chi connectivity index (χ0v) is 19.7. The molecular formula is C22H27BrN8O. The third kappa shape index (κ3) is 3.30. The van der Waals surface area contributed by atoms with E-state index in [4.69, 9.17) is 0 Å². The Morgan fingerprint density at radius 2 is 1.94 bits per heavy atom. The van der Waals surface area contributed by atoms with Crippen molar-refractivity contribution in [1.82, 2.24) is 34.3 Å². The van der Waals surface area contributed by atoms with Crippen molar-refractivity contribution in [3.05, 3.63) is 41.4 Å². The predicted molar refractivity (Wildman–Crippen MR) is 121 cm³/mol. The number of carbonyl (C=O) groups excluding carboxylic acids is 1. The van der Waals surface area contributed by atoms with E-state index in [0.717, 1.165) is 49.9 Å². The monoisotopic (exact) mass is 498 g/mol. The second-order valence-electron chi connectivity index (χ2n) is 10.0. The fourth-order valence-corrected chi connectivity index (χ4v) is 7.11. The van der Waals surface area contributed by atoms with E-state index in [2.05, 4.69) is 48.5 Å². The number of carbonyl (C=O) groups is 1. The lowest BCUT2D eigenvalue weighted by Gasteiger charge is -2.60.